The molecule has 0 saturated carbocycles. The number of ether oxygens (including phenoxy) is 1. The summed E-state index contributed by atoms with van der Waals surface area (Å²) in [4.78, 5) is 12.7. The summed E-state index contributed by atoms with van der Waals surface area (Å²) in [6.07, 6.45) is 1.75. The van der Waals surface area contributed by atoms with Crippen LogP contribution < -0.4 is 15.4 Å². The summed E-state index contributed by atoms with van der Waals surface area (Å²) in [5.41, 5.74) is 1.12. The first kappa shape index (κ1) is 14.4. The van der Waals surface area contributed by atoms with Crippen molar-refractivity contribution in [2.24, 2.45) is 5.41 Å². The van der Waals surface area contributed by atoms with Gasteiger partial charge >= 0.3 is 0 Å². The molecule has 114 valence electrons. The van der Waals surface area contributed by atoms with E-state index >= 15 is 0 Å². The summed E-state index contributed by atoms with van der Waals surface area (Å²) in [6, 6.07) is 8.12. The lowest BCUT2D eigenvalue weighted by Gasteiger charge is -2.40. The second-order valence-electron chi connectivity index (χ2n) is 6.74. The Hall–Kier alpha value is -1.55. The summed E-state index contributed by atoms with van der Waals surface area (Å²) in [7, 11) is 0. The largest absolute Gasteiger partial charge is 0.493 e. The summed E-state index contributed by atoms with van der Waals surface area (Å²) < 4.78 is 5.64. The molecule has 2 heterocycles. The maximum Gasteiger partial charge on any atom is 0.228 e. The Morgan fingerprint density at radius 1 is 1.33 bits per heavy atom. The molecule has 0 aliphatic carbocycles. The van der Waals surface area contributed by atoms with Crippen molar-refractivity contribution in [3.8, 4) is 5.75 Å². The van der Waals surface area contributed by atoms with Gasteiger partial charge in [-0.05, 0) is 30.9 Å². The molecule has 3 rings (SSSR count). The highest BCUT2D eigenvalue weighted by Crippen LogP contribution is 2.34. The lowest BCUT2D eigenvalue weighted by Crippen LogP contribution is -2.55. The minimum atomic E-state index is -0.0827. The van der Waals surface area contributed by atoms with E-state index in [0.29, 0.717) is 6.61 Å². The molecule has 0 radical (unpaired) electrons. The van der Waals surface area contributed by atoms with Gasteiger partial charge in [-0.15, -0.1) is 0 Å². The highest BCUT2D eigenvalue weighted by atomic mass is 16.5. The van der Waals surface area contributed by atoms with E-state index in [-0.39, 0.29) is 23.3 Å². The molecule has 1 aromatic carbocycles. The lowest BCUT2D eigenvalue weighted by molar-refractivity contribution is -0.125. The normalized spacial score (nSPS) is 27.3. The Kier molecular flexibility index (Phi) is 3.89. The van der Waals surface area contributed by atoms with Gasteiger partial charge in [0.05, 0.1) is 12.5 Å². The zero-order valence-electron chi connectivity index (χ0n) is 12.8. The second-order valence-corrected chi connectivity index (χ2v) is 6.74. The number of amides is 1. The van der Waals surface area contributed by atoms with Gasteiger partial charge < -0.3 is 15.4 Å². The van der Waals surface area contributed by atoms with Crippen LogP contribution in [-0.2, 0) is 4.79 Å². The van der Waals surface area contributed by atoms with Crippen molar-refractivity contribution in [3.63, 3.8) is 0 Å². The van der Waals surface area contributed by atoms with E-state index in [1.54, 1.807) is 0 Å². The minimum Gasteiger partial charge on any atom is -0.493 e. The van der Waals surface area contributed by atoms with Crippen molar-refractivity contribution >= 4 is 5.91 Å². The van der Waals surface area contributed by atoms with Crippen molar-refractivity contribution < 1.29 is 9.53 Å². The van der Waals surface area contributed by atoms with Crippen LogP contribution in [0.4, 0.5) is 0 Å². The van der Waals surface area contributed by atoms with Crippen molar-refractivity contribution in [3.05, 3.63) is 29.8 Å². The fourth-order valence-corrected chi connectivity index (χ4v) is 3.33. The number of benzene rings is 1. The van der Waals surface area contributed by atoms with Crippen LogP contribution in [0.2, 0.25) is 0 Å². The summed E-state index contributed by atoms with van der Waals surface area (Å²) in [5, 5.41) is 6.69. The predicted octanol–water partition coefficient (Wildman–Crippen LogP) is 2.06. The number of hydrogen-bond acceptors (Lipinski definition) is 3. The maximum absolute atomic E-state index is 12.7. The molecule has 2 N–H and O–H groups in total. The van der Waals surface area contributed by atoms with Gasteiger partial charge in [0.2, 0.25) is 5.91 Å². The van der Waals surface area contributed by atoms with E-state index < -0.39 is 0 Å². The highest BCUT2D eigenvalue weighted by molar-refractivity contribution is 5.85. The van der Waals surface area contributed by atoms with E-state index in [0.717, 1.165) is 37.2 Å². The molecule has 1 aromatic rings. The van der Waals surface area contributed by atoms with Crippen LogP contribution in [0.1, 0.15) is 38.2 Å². The average molecular weight is 288 g/mol. The van der Waals surface area contributed by atoms with Crippen LogP contribution >= 0.6 is 0 Å². The first-order valence-electron chi connectivity index (χ1n) is 7.81. The van der Waals surface area contributed by atoms with Gasteiger partial charge in [0.15, 0.2) is 0 Å². The predicted molar refractivity (Wildman–Crippen MR) is 82.5 cm³/mol. The van der Waals surface area contributed by atoms with Crippen LogP contribution in [0.15, 0.2) is 24.3 Å². The van der Waals surface area contributed by atoms with Crippen molar-refractivity contribution in [2.75, 3.05) is 19.7 Å². The van der Waals surface area contributed by atoms with Crippen LogP contribution in [0, 0.1) is 5.41 Å². The fourth-order valence-electron chi connectivity index (χ4n) is 3.33. The van der Waals surface area contributed by atoms with Crippen LogP contribution in [-0.4, -0.2) is 31.6 Å². The zero-order chi connectivity index (χ0) is 14.9. The Morgan fingerprint density at radius 2 is 2.14 bits per heavy atom. The number of hydrogen-bond donors (Lipinski definition) is 2. The van der Waals surface area contributed by atoms with Crippen molar-refractivity contribution in [1.82, 2.24) is 10.6 Å². The Morgan fingerprint density at radius 3 is 2.95 bits per heavy atom. The monoisotopic (exact) mass is 288 g/mol. The smallest absolute Gasteiger partial charge is 0.228 e. The maximum atomic E-state index is 12.7. The first-order valence-corrected chi connectivity index (χ1v) is 7.81. The third kappa shape index (κ3) is 2.91. The van der Waals surface area contributed by atoms with E-state index in [1.807, 2.05) is 24.3 Å². The number of nitrogens with one attached hydrogen (secondary N) is 2. The van der Waals surface area contributed by atoms with Gasteiger partial charge in [-0.2, -0.15) is 0 Å². The second kappa shape index (κ2) is 5.68. The van der Waals surface area contributed by atoms with Crippen LogP contribution in [0.5, 0.6) is 5.75 Å². The summed E-state index contributed by atoms with van der Waals surface area (Å²) in [6.45, 7) is 6.95. The number of piperidine rings is 1. The molecular weight excluding hydrogens is 264 g/mol. The zero-order valence-corrected chi connectivity index (χ0v) is 12.8. The van der Waals surface area contributed by atoms with Gasteiger partial charge in [0.25, 0.3) is 0 Å². The van der Waals surface area contributed by atoms with Crippen molar-refractivity contribution in [1.29, 1.82) is 0 Å². The van der Waals surface area contributed by atoms with Gasteiger partial charge in [-0.25, -0.2) is 0 Å². The molecule has 0 bridgehead atoms. The molecular formula is C17H24N2O2. The standard InChI is InChI=1S/C17H24N2O2/c1-17(2)11-18-9-7-15(17)19-16(20)13-8-10-21-14-6-4-3-5-12(13)14/h3-6,13,15,18H,7-11H2,1-2H3,(H,19,20). The molecule has 21 heavy (non-hydrogen) atoms. The molecule has 2 aliphatic heterocycles. The van der Waals surface area contributed by atoms with Crippen molar-refractivity contribution in [2.45, 2.75) is 38.6 Å². The van der Waals surface area contributed by atoms with E-state index in [2.05, 4.69) is 24.5 Å². The Bertz CT molecular complexity index is 527. The van der Waals surface area contributed by atoms with Gasteiger partial charge in [0.1, 0.15) is 5.75 Å². The molecule has 1 saturated heterocycles. The fraction of sp³-hybridized carbons (Fsp3) is 0.588. The molecule has 4 heteroatoms. The molecule has 0 spiro atoms. The molecule has 2 aliphatic rings. The molecule has 1 amide bonds. The average Bonchev–Trinajstić information content (AvgIpc) is 2.48. The summed E-state index contributed by atoms with van der Waals surface area (Å²) in [5.74, 6) is 0.917. The topological polar surface area (TPSA) is 50.4 Å². The third-order valence-electron chi connectivity index (χ3n) is 4.73. The molecule has 2 unspecified atom stereocenters. The lowest BCUT2D eigenvalue weighted by atomic mass is 9.79. The SMILES string of the molecule is CC1(C)CNCCC1NC(=O)C1CCOc2ccccc21. The number of fused-ring (bicyclic) bond motifs is 1. The number of para-hydroxylation sites is 1. The molecule has 2 atom stereocenters. The number of rotatable bonds is 2. The van der Waals surface area contributed by atoms with E-state index in [9.17, 15) is 4.79 Å². The minimum absolute atomic E-state index is 0.0827. The van der Waals surface area contributed by atoms with Gasteiger partial charge in [0, 0.05) is 18.2 Å². The van der Waals surface area contributed by atoms with E-state index in [4.69, 9.17) is 4.74 Å². The van der Waals surface area contributed by atoms with Gasteiger partial charge in [-0.1, -0.05) is 32.0 Å². The quantitative estimate of drug-likeness (QED) is 0.876. The highest BCUT2D eigenvalue weighted by Gasteiger charge is 2.36. The molecule has 0 aromatic heterocycles. The number of carbonyl (C=O) groups is 1. The number of carbonyl (C=O) groups excluding carboxylic acids is 1. The molecule has 1 fully saturated rings. The van der Waals surface area contributed by atoms with Gasteiger partial charge in [-0.3, -0.25) is 4.79 Å². The van der Waals surface area contributed by atoms with Crippen LogP contribution in [0.25, 0.3) is 0 Å². The molecule has 4 nitrogen and oxygen atoms in total. The summed E-state index contributed by atoms with van der Waals surface area (Å²) >= 11 is 0. The van der Waals surface area contributed by atoms with Crippen LogP contribution in [0.3, 0.4) is 0 Å². The van der Waals surface area contributed by atoms with E-state index in [1.165, 1.54) is 0 Å². The first-order chi connectivity index (χ1) is 10.1. The third-order valence-corrected chi connectivity index (χ3v) is 4.73. The Labute approximate surface area is 126 Å². The Balaban J connectivity index is 1.74.